The zero-order valence-corrected chi connectivity index (χ0v) is 10.5. The van der Waals surface area contributed by atoms with Crippen LogP contribution in [0, 0.1) is 5.92 Å². The number of carboxylic acid groups (broad SMARTS) is 1. The number of rotatable bonds is 5. The van der Waals surface area contributed by atoms with Crippen molar-refractivity contribution in [3.8, 4) is 0 Å². The SMILES string of the molecule is CCC(N[C@@H](C)C1CCCCCC1)C(=O)O. The molecule has 16 heavy (non-hydrogen) atoms. The molecule has 1 saturated carbocycles. The summed E-state index contributed by atoms with van der Waals surface area (Å²) in [4.78, 5) is 11.0. The quantitative estimate of drug-likeness (QED) is 0.710. The van der Waals surface area contributed by atoms with Crippen LogP contribution in [-0.2, 0) is 4.79 Å². The molecule has 2 N–H and O–H groups in total. The largest absolute Gasteiger partial charge is 0.480 e. The van der Waals surface area contributed by atoms with Crippen molar-refractivity contribution in [2.45, 2.75) is 70.9 Å². The van der Waals surface area contributed by atoms with E-state index in [4.69, 9.17) is 5.11 Å². The summed E-state index contributed by atoms with van der Waals surface area (Å²) in [5.41, 5.74) is 0. The monoisotopic (exact) mass is 227 g/mol. The van der Waals surface area contributed by atoms with Gasteiger partial charge in [0.15, 0.2) is 0 Å². The molecule has 0 amide bonds. The van der Waals surface area contributed by atoms with Crippen LogP contribution < -0.4 is 5.32 Å². The second-order valence-corrected chi connectivity index (χ2v) is 5.01. The van der Waals surface area contributed by atoms with Gasteiger partial charge >= 0.3 is 5.97 Å². The number of aliphatic carboxylic acids is 1. The molecule has 0 aromatic rings. The van der Waals surface area contributed by atoms with Crippen LogP contribution in [0.5, 0.6) is 0 Å². The fourth-order valence-electron chi connectivity index (χ4n) is 2.63. The van der Waals surface area contributed by atoms with Gasteiger partial charge in [0.2, 0.25) is 0 Å². The summed E-state index contributed by atoms with van der Waals surface area (Å²) in [6.45, 7) is 4.06. The van der Waals surface area contributed by atoms with E-state index in [1.165, 1.54) is 38.5 Å². The number of nitrogens with one attached hydrogen (secondary N) is 1. The normalized spacial score (nSPS) is 22.4. The van der Waals surface area contributed by atoms with E-state index >= 15 is 0 Å². The smallest absolute Gasteiger partial charge is 0.320 e. The Hall–Kier alpha value is -0.570. The summed E-state index contributed by atoms with van der Waals surface area (Å²) in [5, 5.41) is 12.3. The minimum absolute atomic E-state index is 0.333. The third-order valence-electron chi connectivity index (χ3n) is 3.78. The lowest BCUT2D eigenvalue weighted by Crippen LogP contribution is -2.44. The maximum absolute atomic E-state index is 11.0. The highest BCUT2D eigenvalue weighted by Gasteiger charge is 2.23. The van der Waals surface area contributed by atoms with Gasteiger partial charge in [-0.05, 0) is 32.1 Å². The first kappa shape index (κ1) is 13.5. The van der Waals surface area contributed by atoms with Gasteiger partial charge in [0.1, 0.15) is 6.04 Å². The van der Waals surface area contributed by atoms with Gasteiger partial charge in [-0.25, -0.2) is 0 Å². The Morgan fingerprint density at radius 3 is 2.31 bits per heavy atom. The molecule has 0 aromatic heterocycles. The molecule has 1 fully saturated rings. The maximum atomic E-state index is 11.0. The van der Waals surface area contributed by atoms with Crippen LogP contribution in [0.3, 0.4) is 0 Å². The van der Waals surface area contributed by atoms with Gasteiger partial charge in [0.05, 0.1) is 0 Å². The minimum atomic E-state index is -0.719. The highest BCUT2D eigenvalue weighted by atomic mass is 16.4. The topological polar surface area (TPSA) is 49.3 Å². The van der Waals surface area contributed by atoms with E-state index in [1.807, 2.05) is 6.92 Å². The predicted molar refractivity (Wildman–Crippen MR) is 65.5 cm³/mol. The van der Waals surface area contributed by atoms with E-state index in [9.17, 15) is 4.79 Å². The van der Waals surface area contributed by atoms with Crippen LogP contribution in [0.4, 0.5) is 0 Å². The van der Waals surface area contributed by atoms with Gasteiger partial charge in [-0.2, -0.15) is 0 Å². The summed E-state index contributed by atoms with van der Waals surface area (Å²) in [7, 11) is 0. The Morgan fingerprint density at radius 2 is 1.88 bits per heavy atom. The summed E-state index contributed by atoms with van der Waals surface area (Å²) in [6, 6.07) is -0.0441. The van der Waals surface area contributed by atoms with Crippen molar-refractivity contribution in [2.24, 2.45) is 5.92 Å². The van der Waals surface area contributed by atoms with Crippen molar-refractivity contribution in [1.82, 2.24) is 5.32 Å². The fraction of sp³-hybridized carbons (Fsp3) is 0.923. The highest BCUT2D eigenvalue weighted by molar-refractivity contribution is 5.73. The second-order valence-electron chi connectivity index (χ2n) is 5.01. The average molecular weight is 227 g/mol. The van der Waals surface area contributed by atoms with E-state index in [-0.39, 0.29) is 6.04 Å². The summed E-state index contributed by atoms with van der Waals surface area (Å²) >= 11 is 0. The molecule has 94 valence electrons. The first-order chi connectivity index (χ1) is 7.65. The predicted octanol–water partition coefficient (Wildman–Crippen LogP) is 2.80. The number of carbonyl (C=O) groups is 1. The lowest BCUT2D eigenvalue weighted by Gasteiger charge is -2.26. The van der Waals surface area contributed by atoms with Crippen molar-refractivity contribution in [1.29, 1.82) is 0 Å². The molecule has 1 aliphatic rings. The van der Waals surface area contributed by atoms with Gasteiger partial charge < -0.3 is 10.4 Å². The third-order valence-corrected chi connectivity index (χ3v) is 3.78. The molecule has 0 aromatic carbocycles. The van der Waals surface area contributed by atoms with Gasteiger partial charge in [-0.15, -0.1) is 0 Å². The van der Waals surface area contributed by atoms with Crippen molar-refractivity contribution in [2.75, 3.05) is 0 Å². The zero-order chi connectivity index (χ0) is 12.0. The van der Waals surface area contributed by atoms with Gasteiger partial charge in [-0.3, -0.25) is 4.79 Å². The standard InChI is InChI=1S/C13H25NO2/c1-3-12(13(15)16)14-10(2)11-8-6-4-5-7-9-11/h10-12,14H,3-9H2,1-2H3,(H,15,16)/t10-,12?/m0/s1. The maximum Gasteiger partial charge on any atom is 0.320 e. The Bertz CT molecular complexity index is 210. The summed E-state index contributed by atoms with van der Waals surface area (Å²) < 4.78 is 0. The van der Waals surface area contributed by atoms with Crippen LogP contribution in [-0.4, -0.2) is 23.2 Å². The van der Waals surface area contributed by atoms with E-state index < -0.39 is 5.97 Å². The Balaban J connectivity index is 2.42. The van der Waals surface area contributed by atoms with Crippen LogP contribution >= 0.6 is 0 Å². The first-order valence-corrected chi connectivity index (χ1v) is 6.64. The Morgan fingerprint density at radius 1 is 1.31 bits per heavy atom. The molecule has 0 saturated heterocycles. The number of hydrogen-bond donors (Lipinski definition) is 2. The van der Waals surface area contributed by atoms with E-state index in [1.54, 1.807) is 0 Å². The lowest BCUT2D eigenvalue weighted by molar-refractivity contribution is -0.139. The molecule has 0 spiro atoms. The molecule has 0 bridgehead atoms. The van der Waals surface area contributed by atoms with Crippen LogP contribution in [0.15, 0.2) is 0 Å². The van der Waals surface area contributed by atoms with Gasteiger partial charge in [0.25, 0.3) is 0 Å². The summed E-state index contributed by atoms with van der Waals surface area (Å²) in [5.74, 6) is -0.0566. The van der Waals surface area contributed by atoms with E-state index in [0.717, 1.165) is 0 Å². The van der Waals surface area contributed by atoms with Crippen molar-refractivity contribution >= 4 is 5.97 Å². The number of carboxylic acids is 1. The van der Waals surface area contributed by atoms with Crippen LogP contribution in [0.2, 0.25) is 0 Å². The molecule has 1 unspecified atom stereocenters. The zero-order valence-electron chi connectivity index (χ0n) is 10.5. The van der Waals surface area contributed by atoms with E-state index in [0.29, 0.717) is 18.4 Å². The van der Waals surface area contributed by atoms with Crippen molar-refractivity contribution in [3.05, 3.63) is 0 Å². The molecule has 1 rings (SSSR count). The Kier molecular flexibility index (Phi) is 5.81. The molecule has 3 nitrogen and oxygen atoms in total. The van der Waals surface area contributed by atoms with Gasteiger partial charge in [0, 0.05) is 6.04 Å². The molecule has 2 atom stereocenters. The van der Waals surface area contributed by atoms with E-state index in [2.05, 4.69) is 12.2 Å². The van der Waals surface area contributed by atoms with Crippen molar-refractivity contribution < 1.29 is 9.90 Å². The highest BCUT2D eigenvalue weighted by Crippen LogP contribution is 2.25. The Labute approximate surface area is 98.6 Å². The molecular weight excluding hydrogens is 202 g/mol. The van der Waals surface area contributed by atoms with Gasteiger partial charge in [-0.1, -0.05) is 32.6 Å². The average Bonchev–Trinajstić information content (AvgIpc) is 2.53. The minimum Gasteiger partial charge on any atom is -0.480 e. The molecule has 3 heteroatoms. The molecular formula is C13H25NO2. The second kappa shape index (κ2) is 6.89. The van der Waals surface area contributed by atoms with Crippen LogP contribution in [0.25, 0.3) is 0 Å². The summed E-state index contributed by atoms with van der Waals surface area (Å²) in [6.07, 6.45) is 8.47. The fourth-order valence-corrected chi connectivity index (χ4v) is 2.63. The molecule has 0 aliphatic heterocycles. The first-order valence-electron chi connectivity index (χ1n) is 6.64. The third kappa shape index (κ3) is 4.12. The van der Waals surface area contributed by atoms with Crippen molar-refractivity contribution in [3.63, 3.8) is 0 Å². The van der Waals surface area contributed by atoms with Crippen LogP contribution in [0.1, 0.15) is 58.8 Å². The number of hydrogen-bond acceptors (Lipinski definition) is 2. The molecule has 1 aliphatic carbocycles. The molecule has 0 radical (unpaired) electrons. The lowest BCUT2D eigenvalue weighted by atomic mass is 9.92. The molecule has 0 heterocycles.